The van der Waals surface area contributed by atoms with Crippen LogP contribution in [0.25, 0.3) is 0 Å². The fourth-order valence-electron chi connectivity index (χ4n) is 3.61. The summed E-state index contributed by atoms with van der Waals surface area (Å²) in [4.78, 5) is 38.5. The number of amides is 3. The van der Waals surface area contributed by atoms with Gasteiger partial charge in [-0.3, -0.25) is 14.9 Å². The van der Waals surface area contributed by atoms with Crippen LogP contribution in [0.1, 0.15) is 46.6 Å². The van der Waals surface area contributed by atoms with Crippen LogP contribution in [0.2, 0.25) is 0 Å². The van der Waals surface area contributed by atoms with E-state index in [0.717, 1.165) is 29.5 Å². The maximum absolute atomic E-state index is 12.8. The van der Waals surface area contributed by atoms with Crippen LogP contribution in [-0.4, -0.2) is 39.2 Å². The SMILES string of the molecule is CCOC(=O)NC(=O)c1c(NC(=O)Cc2ccc(S(C)(=O)=O)cc2)sc2c1CCC(C)C2. The Balaban J connectivity index is 1.81. The van der Waals surface area contributed by atoms with E-state index < -0.39 is 21.8 Å². The number of ether oxygens (including phenoxy) is 1. The van der Waals surface area contributed by atoms with Crippen LogP contribution in [0, 0.1) is 5.92 Å². The van der Waals surface area contributed by atoms with Crippen LogP contribution >= 0.6 is 11.3 Å². The van der Waals surface area contributed by atoms with Crippen molar-refractivity contribution < 1.29 is 27.5 Å². The predicted molar refractivity (Wildman–Crippen MR) is 122 cm³/mol. The first-order chi connectivity index (χ1) is 15.1. The van der Waals surface area contributed by atoms with Gasteiger partial charge in [-0.15, -0.1) is 11.3 Å². The lowest BCUT2D eigenvalue weighted by Gasteiger charge is -2.18. The minimum Gasteiger partial charge on any atom is -0.450 e. The number of carbonyl (C=O) groups excluding carboxylic acids is 3. The van der Waals surface area contributed by atoms with Gasteiger partial charge < -0.3 is 10.1 Å². The molecule has 3 rings (SSSR count). The van der Waals surface area contributed by atoms with Gasteiger partial charge in [0.2, 0.25) is 5.91 Å². The Morgan fingerprint density at radius 1 is 1.19 bits per heavy atom. The van der Waals surface area contributed by atoms with Gasteiger partial charge in [0.25, 0.3) is 5.91 Å². The summed E-state index contributed by atoms with van der Waals surface area (Å²) in [6, 6.07) is 6.10. The van der Waals surface area contributed by atoms with Gasteiger partial charge in [-0.1, -0.05) is 19.1 Å². The molecule has 1 aromatic heterocycles. The van der Waals surface area contributed by atoms with E-state index in [4.69, 9.17) is 4.74 Å². The highest BCUT2D eigenvalue weighted by Crippen LogP contribution is 2.39. The number of carbonyl (C=O) groups is 3. The highest BCUT2D eigenvalue weighted by atomic mass is 32.2. The van der Waals surface area contributed by atoms with Gasteiger partial charge in [0.1, 0.15) is 5.00 Å². The zero-order chi connectivity index (χ0) is 23.5. The number of anilines is 1. The molecule has 1 aromatic carbocycles. The second kappa shape index (κ2) is 9.83. The molecule has 0 saturated heterocycles. The number of imide groups is 1. The van der Waals surface area contributed by atoms with Crippen molar-refractivity contribution in [2.75, 3.05) is 18.2 Å². The first kappa shape index (κ1) is 23.9. The zero-order valence-electron chi connectivity index (χ0n) is 18.2. The van der Waals surface area contributed by atoms with E-state index in [2.05, 4.69) is 17.6 Å². The molecule has 0 spiro atoms. The summed E-state index contributed by atoms with van der Waals surface area (Å²) in [5.41, 5.74) is 1.82. The number of hydrogen-bond acceptors (Lipinski definition) is 7. The Kier molecular flexibility index (Phi) is 7.35. The lowest BCUT2D eigenvalue weighted by molar-refractivity contribution is -0.115. The van der Waals surface area contributed by atoms with Gasteiger partial charge >= 0.3 is 6.09 Å². The molecule has 10 heteroatoms. The summed E-state index contributed by atoms with van der Waals surface area (Å²) in [6.45, 7) is 3.92. The minimum atomic E-state index is -3.31. The van der Waals surface area contributed by atoms with Crippen molar-refractivity contribution in [2.24, 2.45) is 5.92 Å². The van der Waals surface area contributed by atoms with Crippen molar-refractivity contribution >= 4 is 44.1 Å². The summed E-state index contributed by atoms with van der Waals surface area (Å²) in [6.07, 6.45) is 2.73. The van der Waals surface area contributed by atoms with E-state index in [0.29, 0.717) is 28.5 Å². The van der Waals surface area contributed by atoms with E-state index in [-0.39, 0.29) is 23.8 Å². The largest absolute Gasteiger partial charge is 0.450 e. The van der Waals surface area contributed by atoms with Crippen molar-refractivity contribution in [2.45, 2.75) is 44.4 Å². The van der Waals surface area contributed by atoms with Crippen molar-refractivity contribution in [3.63, 3.8) is 0 Å². The van der Waals surface area contributed by atoms with Gasteiger partial charge in [-0.2, -0.15) is 0 Å². The normalized spacial score (nSPS) is 15.5. The second-order valence-electron chi connectivity index (χ2n) is 7.87. The summed E-state index contributed by atoms with van der Waals surface area (Å²) in [5, 5.41) is 5.44. The van der Waals surface area contributed by atoms with E-state index in [1.165, 1.54) is 23.5 Å². The summed E-state index contributed by atoms with van der Waals surface area (Å²) in [7, 11) is -3.31. The van der Waals surface area contributed by atoms with Crippen LogP contribution in [0.3, 0.4) is 0 Å². The maximum atomic E-state index is 12.8. The summed E-state index contributed by atoms with van der Waals surface area (Å²) < 4.78 is 28.0. The fourth-order valence-corrected chi connectivity index (χ4v) is 5.67. The molecule has 0 radical (unpaired) electrons. The molecule has 2 N–H and O–H groups in total. The average molecular weight is 479 g/mol. The summed E-state index contributed by atoms with van der Waals surface area (Å²) >= 11 is 1.35. The lowest BCUT2D eigenvalue weighted by Crippen LogP contribution is -2.32. The number of thiophene rings is 1. The Morgan fingerprint density at radius 2 is 1.88 bits per heavy atom. The minimum absolute atomic E-state index is 0.0158. The highest BCUT2D eigenvalue weighted by Gasteiger charge is 2.29. The van der Waals surface area contributed by atoms with Crippen molar-refractivity contribution in [1.82, 2.24) is 5.32 Å². The number of benzene rings is 1. The van der Waals surface area contributed by atoms with Crippen LogP contribution in [0.4, 0.5) is 9.80 Å². The van der Waals surface area contributed by atoms with Gasteiger partial charge in [-0.05, 0) is 55.4 Å². The molecule has 1 aliphatic rings. The number of sulfone groups is 1. The van der Waals surface area contributed by atoms with Crippen LogP contribution in [0.15, 0.2) is 29.2 Å². The molecule has 1 atom stereocenters. The smallest absolute Gasteiger partial charge is 0.414 e. The third-order valence-corrected chi connectivity index (χ3v) is 7.50. The second-order valence-corrected chi connectivity index (χ2v) is 11.0. The standard InChI is InChI=1S/C22H26N2O6S2/c1-4-30-22(27)24-20(26)19-16-10-5-13(2)11-17(16)31-21(19)23-18(25)12-14-6-8-15(9-7-14)32(3,28)29/h6-9,13H,4-5,10-12H2,1-3H3,(H,23,25)(H,24,26,27). The van der Waals surface area contributed by atoms with Crippen molar-refractivity contribution in [1.29, 1.82) is 0 Å². The molecule has 32 heavy (non-hydrogen) atoms. The predicted octanol–water partition coefficient (Wildman–Crippen LogP) is 3.34. The molecule has 1 heterocycles. The van der Waals surface area contributed by atoms with Crippen LogP contribution < -0.4 is 10.6 Å². The number of rotatable bonds is 6. The monoisotopic (exact) mass is 478 g/mol. The third-order valence-electron chi connectivity index (χ3n) is 5.20. The molecule has 1 unspecified atom stereocenters. The number of nitrogens with one attached hydrogen (secondary N) is 2. The quantitative estimate of drug-likeness (QED) is 0.657. The van der Waals surface area contributed by atoms with E-state index in [1.54, 1.807) is 19.1 Å². The zero-order valence-corrected chi connectivity index (χ0v) is 19.8. The van der Waals surface area contributed by atoms with E-state index in [9.17, 15) is 22.8 Å². The van der Waals surface area contributed by atoms with Gasteiger partial charge in [0.05, 0.1) is 23.5 Å². The number of hydrogen-bond donors (Lipinski definition) is 2. The highest BCUT2D eigenvalue weighted by molar-refractivity contribution is 7.90. The topological polar surface area (TPSA) is 119 Å². The molecule has 1 aliphatic carbocycles. The Morgan fingerprint density at radius 3 is 2.50 bits per heavy atom. The summed E-state index contributed by atoms with van der Waals surface area (Å²) in [5.74, 6) is -0.462. The molecular formula is C22H26N2O6S2. The Hall–Kier alpha value is -2.72. The first-order valence-electron chi connectivity index (χ1n) is 10.3. The Bertz CT molecular complexity index is 1140. The van der Waals surface area contributed by atoms with Gasteiger partial charge in [0.15, 0.2) is 9.84 Å². The fraction of sp³-hybridized carbons (Fsp3) is 0.409. The Labute approximate surface area is 191 Å². The van der Waals surface area contributed by atoms with Crippen molar-refractivity contribution in [3.05, 3.63) is 45.8 Å². The molecule has 0 saturated carbocycles. The van der Waals surface area contributed by atoms with E-state index in [1.807, 2.05) is 0 Å². The molecule has 0 aliphatic heterocycles. The third kappa shape index (κ3) is 5.74. The number of alkyl carbamates (subject to hydrolysis) is 1. The van der Waals surface area contributed by atoms with Crippen LogP contribution in [-0.2, 0) is 38.6 Å². The molecule has 0 bridgehead atoms. The molecule has 3 amide bonds. The van der Waals surface area contributed by atoms with Gasteiger partial charge in [-0.25, -0.2) is 13.2 Å². The molecule has 0 fully saturated rings. The molecule has 2 aromatic rings. The van der Waals surface area contributed by atoms with E-state index >= 15 is 0 Å². The molecule has 8 nitrogen and oxygen atoms in total. The van der Waals surface area contributed by atoms with Crippen LogP contribution in [0.5, 0.6) is 0 Å². The molecular weight excluding hydrogens is 452 g/mol. The average Bonchev–Trinajstić information content (AvgIpc) is 3.04. The van der Waals surface area contributed by atoms with Gasteiger partial charge in [0, 0.05) is 11.1 Å². The lowest BCUT2D eigenvalue weighted by atomic mass is 9.88. The maximum Gasteiger partial charge on any atom is 0.414 e. The first-order valence-corrected chi connectivity index (χ1v) is 13.0. The molecule has 172 valence electrons. The van der Waals surface area contributed by atoms with Crippen molar-refractivity contribution in [3.8, 4) is 0 Å². The number of fused-ring (bicyclic) bond motifs is 1.